The molecule has 2 aromatic carbocycles. The molecule has 4 aromatic rings. The average Bonchev–Trinajstić information content (AvgIpc) is 3.26. The minimum atomic E-state index is -0.206. The standard InChI is InChI=1S/C26H22ClN3O3/c1-17-2-11-25(33-17)24(31)10-5-18-3-6-19(7-4-18)26(32)30-15-14-29-22-12-13-28-23-16-20(27)8-9-21(22)23/h2-13,16H,14-15H2,1H3,(H,28,29)(H,30,32)/b10-5+. The van der Waals surface area contributed by atoms with Crippen molar-refractivity contribution < 1.29 is 14.0 Å². The second-order valence-corrected chi connectivity index (χ2v) is 7.87. The number of benzene rings is 2. The third-order valence-corrected chi connectivity index (χ3v) is 5.25. The molecule has 0 spiro atoms. The lowest BCUT2D eigenvalue weighted by Gasteiger charge is -2.10. The van der Waals surface area contributed by atoms with E-state index in [0.29, 0.717) is 35.2 Å². The molecule has 0 bridgehead atoms. The van der Waals surface area contributed by atoms with Crippen LogP contribution < -0.4 is 10.6 Å². The lowest BCUT2D eigenvalue weighted by molar-refractivity contribution is 0.0954. The van der Waals surface area contributed by atoms with Gasteiger partial charge >= 0.3 is 0 Å². The van der Waals surface area contributed by atoms with Crippen molar-refractivity contribution in [3.63, 3.8) is 0 Å². The number of nitrogens with one attached hydrogen (secondary N) is 2. The highest BCUT2D eigenvalue weighted by atomic mass is 35.5. The summed E-state index contributed by atoms with van der Waals surface area (Å²) in [6, 6.07) is 17.9. The minimum absolute atomic E-state index is 0.166. The number of furan rings is 1. The second kappa shape index (κ2) is 10.1. The number of amides is 1. The molecule has 2 N–H and O–H groups in total. The molecule has 1 amide bonds. The Kier molecular flexibility index (Phi) is 6.86. The van der Waals surface area contributed by atoms with Crippen LogP contribution in [-0.4, -0.2) is 29.8 Å². The van der Waals surface area contributed by atoms with Gasteiger partial charge in [-0.05, 0) is 67.1 Å². The number of carbonyl (C=O) groups is 2. The van der Waals surface area contributed by atoms with E-state index >= 15 is 0 Å². The molecule has 0 aliphatic carbocycles. The SMILES string of the molecule is Cc1ccc(C(=O)/C=C/c2ccc(C(=O)NCCNc3ccnc4cc(Cl)ccc34)cc2)o1. The van der Waals surface area contributed by atoms with E-state index in [4.69, 9.17) is 16.0 Å². The summed E-state index contributed by atoms with van der Waals surface area (Å²) in [7, 11) is 0. The third-order valence-electron chi connectivity index (χ3n) is 5.01. The molecular weight excluding hydrogens is 438 g/mol. The number of hydrogen-bond acceptors (Lipinski definition) is 5. The number of rotatable bonds is 8. The van der Waals surface area contributed by atoms with E-state index in [1.54, 1.807) is 55.6 Å². The summed E-state index contributed by atoms with van der Waals surface area (Å²) in [6.45, 7) is 2.80. The Hall–Kier alpha value is -3.90. The summed E-state index contributed by atoms with van der Waals surface area (Å²) in [5.74, 6) is 0.622. The van der Waals surface area contributed by atoms with Gasteiger partial charge in [-0.2, -0.15) is 0 Å². The number of allylic oxidation sites excluding steroid dienone is 1. The van der Waals surface area contributed by atoms with Gasteiger partial charge in [-0.25, -0.2) is 0 Å². The number of carbonyl (C=O) groups excluding carboxylic acids is 2. The largest absolute Gasteiger partial charge is 0.458 e. The maximum atomic E-state index is 12.4. The number of halogens is 1. The summed E-state index contributed by atoms with van der Waals surface area (Å²) in [5.41, 5.74) is 3.10. The zero-order valence-corrected chi connectivity index (χ0v) is 18.7. The molecule has 7 heteroatoms. The predicted octanol–water partition coefficient (Wildman–Crippen LogP) is 5.53. The normalized spacial score (nSPS) is 11.1. The van der Waals surface area contributed by atoms with Crippen molar-refractivity contribution in [2.24, 2.45) is 0 Å². The first-order valence-electron chi connectivity index (χ1n) is 10.4. The maximum Gasteiger partial charge on any atom is 0.251 e. The number of pyridine rings is 1. The molecule has 0 saturated carbocycles. The zero-order chi connectivity index (χ0) is 23.2. The number of nitrogens with zero attached hydrogens (tertiary/aromatic N) is 1. The number of aryl methyl sites for hydroxylation is 1. The maximum absolute atomic E-state index is 12.4. The van der Waals surface area contributed by atoms with Crippen LogP contribution in [0.25, 0.3) is 17.0 Å². The summed E-state index contributed by atoms with van der Waals surface area (Å²) in [4.78, 5) is 28.8. The quantitative estimate of drug-likeness (QED) is 0.206. The van der Waals surface area contributed by atoms with Gasteiger partial charge in [-0.3, -0.25) is 14.6 Å². The van der Waals surface area contributed by atoms with Crippen molar-refractivity contribution in [3.8, 4) is 0 Å². The van der Waals surface area contributed by atoms with E-state index in [0.717, 1.165) is 22.2 Å². The number of hydrogen-bond donors (Lipinski definition) is 2. The molecule has 0 atom stereocenters. The van der Waals surface area contributed by atoms with Crippen molar-refractivity contribution in [1.82, 2.24) is 10.3 Å². The fourth-order valence-corrected chi connectivity index (χ4v) is 3.48. The third kappa shape index (κ3) is 5.67. The fraction of sp³-hybridized carbons (Fsp3) is 0.115. The summed E-state index contributed by atoms with van der Waals surface area (Å²) >= 11 is 6.03. The van der Waals surface area contributed by atoms with Gasteiger partial charge < -0.3 is 15.1 Å². The highest BCUT2D eigenvalue weighted by Crippen LogP contribution is 2.24. The molecule has 166 valence electrons. The number of fused-ring (bicyclic) bond motifs is 1. The molecule has 33 heavy (non-hydrogen) atoms. The first-order valence-corrected chi connectivity index (χ1v) is 10.8. The predicted molar refractivity (Wildman–Crippen MR) is 131 cm³/mol. The summed E-state index contributed by atoms with van der Waals surface area (Å²) in [6.07, 6.45) is 4.87. The van der Waals surface area contributed by atoms with Crippen LogP contribution >= 0.6 is 11.6 Å². The Morgan fingerprint density at radius 2 is 1.85 bits per heavy atom. The lowest BCUT2D eigenvalue weighted by atomic mass is 10.1. The van der Waals surface area contributed by atoms with Crippen LogP contribution in [0.5, 0.6) is 0 Å². The van der Waals surface area contributed by atoms with Crippen molar-refractivity contribution >= 4 is 46.0 Å². The molecule has 0 unspecified atom stereocenters. The van der Waals surface area contributed by atoms with Gasteiger partial charge in [-0.1, -0.05) is 29.8 Å². The van der Waals surface area contributed by atoms with Crippen molar-refractivity contribution in [2.45, 2.75) is 6.92 Å². The van der Waals surface area contributed by atoms with E-state index in [9.17, 15) is 9.59 Å². The first kappa shape index (κ1) is 22.3. The van der Waals surface area contributed by atoms with Crippen molar-refractivity contribution in [1.29, 1.82) is 0 Å². The number of aromatic nitrogens is 1. The van der Waals surface area contributed by atoms with Gasteiger partial charge in [0.1, 0.15) is 5.76 Å². The van der Waals surface area contributed by atoms with Crippen LogP contribution in [0.2, 0.25) is 5.02 Å². The molecule has 2 heterocycles. The van der Waals surface area contributed by atoms with Crippen LogP contribution in [0.1, 0.15) is 32.2 Å². The fourth-order valence-electron chi connectivity index (χ4n) is 3.32. The lowest BCUT2D eigenvalue weighted by Crippen LogP contribution is -2.28. The van der Waals surface area contributed by atoms with Crippen LogP contribution in [0.3, 0.4) is 0 Å². The summed E-state index contributed by atoms with van der Waals surface area (Å²) < 4.78 is 5.32. The van der Waals surface area contributed by atoms with Crippen molar-refractivity contribution in [2.75, 3.05) is 18.4 Å². The van der Waals surface area contributed by atoms with Gasteiger partial charge in [0.05, 0.1) is 5.52 Å². The number of anilines is 1. The second-order valence-electron chi connectivity index (χ2n) is 7.43. The Bertz CT molecular complexity index is 1330. The van der Waals surface area contributed by atoms with E-state index in [1.807, 2.05) is 24.3 Å². The van der Waals surface area contributed by atoms with E-state index < -0.39 is 0 Å². The monoisotopic (exact) mass is 459 g/mol. The molecular formula is C26H22ClN3O3. The highest BCUT2D eigenvalue weighted by Gasteiger charge is 2.07. The Labute approximate surface area is 196 Å². The average molecular weight is 460 g/mol. The molecule has 4 rings (SSSR count). The van der Waals surface area contributed by atoms with Crippen LogP contribution in [0.15, 0.2) is 77.4 Å². The molecule has 6 nitrogen and oxygen atoms in total. The smallest absolute Gasteiger partial charge is 0.251 e. The Balaban J connectivity index is 1.28. The van der Waals surface area contributed by atoms with Crippen LogP contribution in [0, 0.1) is 6.92 Å². The Morgan fingerprint density at radius 1 is 1.03 bits per heavy atom. The van der Waals surface area contributed by atoms with Gasteiger partial charge in [-0.15, -0.1) is 0 Å². The van der Waals surface area contributed by atoms with Gasteiger partial charge in [0.25, 0.3) is 5.91 Å². The van der Waals surface area contributed by atoms with E-state index in [2.05, 4.69) is 15.6 Å². The van der Waals surface area contributed by atoms with Gasteiger partial charge in [0, 0.05) is 40.9 Å². The van der Waals surface area contributed by atoms with Gasteiger partial charge in [0.2, 0.25) is 5.78 Å². The molecule has 2 aromatic heterocycles. The highest BCUT2D eigenvalue weighted by molar-refractivity contribution is 6.31. The first-order chi connectivity index (χ1) is 16.0. The Morgan fingerprint density at radius 3 is 2.61 bits per heavy atom. The molecule has 0 aliphatic rings. The molecule has 0 aliphatic heterocycles. The molecule has 0 saturated heterocycles. The van der Waals surface area contributed by atoms with Crippen molar-refractivity contribution in [3.05, 3.63) is 101 Å². The van der Waals surface area contributed by atoms with E-state index in [1.165, 1.54) is 6.08 Å². The van der Waals surface area contributed by atoms with Gasteiger partial charge in [0.15, 0.2) is 5.76 Å². The van der Waals surface area contributed by atoms with E-state index in [-0.39, 0.29) is 11.7 Å². The van der Waals surface area contributed by atoms with Crippen LogP contribution in [-0.2, 0) is 0 Å². The minimum Gasteiger partial charge on any atom is -0.458 e. The number of ketones is 1. The van der Waals surface area contributed by atoms with Crippen LogP contribution in [0.4, 0.5) is 5.69 Å². The topological polar surface area (TPSA) is 84.2 Å². The molecule has 0 radical (unpaired) electrons. The summed E-state index contributed by atoms with van der Waals surface area (Å²) in [5, 5.41) is 7.82. The zero-order valence-electron chi connectivity index (χ0n) is 18.0. The molecule has 0 fully saturated rings.